The van der Waals surface area contributed by atoms with Gasteiger partial charge in [0.15, 0.2) is 17.2 Å². The highest BCUT2D eigenvalue weighted by Crippen LogP contribution is 2.31. The van der Waals surface area contributed by atoms with E-state index in [1.807, 2.05) is 18.2 Å². The summed E-state index contributed by atoms with van der Waals surface area (Å²) < 4.78 is 29.6. The second-order valence-electron chi connectivity index (χ2n) is 6.63. The van der Waals surface area contributed by atoms with Gasteiger partial charge in [-0.3, -0.25) is 0 Å². The van der Waals surface area contributed by atoms with Crippen LogP contribution in [0.3, 0.4) is 0 Å². The Kier molecular flexibility index (Phi) is 6.00. The summed E-state index contributed by atoms with van der Waals surface area (Å²) in [4.78, 5) is 16.4. The van der Waals surface area contributed by atoms with E-state index in [0.717, 1.165) is 5.56 Å². The van der Waals surface area contributed by atoms with Gasteiger partial charge in [0.25, 0.3) is 0 Å². The number of rotatable bonds is 6. The minimum absolute atomic E-state index is 0.128. The summed E-state index contributed by atoms with van der Waals surface area (Å²) >= 11 is 6.17. The first-order chi connectivity index (χ1) is 15.0. The van der Waals surface area contributed by atoms with Gasteiger partial charge in [-0.05, 0) is 54.1 Å². The van der Waals surface area contributed by atoms with Gasteiger partial charge in [-0.25, -0.2) is 14.2 Å². The van der Waals surface area contributed by atoms with Gasteiger partial charge in [-0.1, -0.05) is 35.9 Å². The standard InChI is InChI=1S/C24H17ClFNO4/c1-29-22-13-15(6-11-21(22)30-14-17-4-2-3-5-19(17)25)12-20-24(28)31-23(27-20)16-7-9-18(26)10-8-16/h2-13H,14H2,1H3/b20-12-. The Morgan fingerprint density at radius 1 is 1.06 bits per heavy atom. The van der Waals surface area contributed by atoms with Gasteiger partial charge in [0, 0.05) is 16.1 Å². The number of methoxy groups -OCH3 is 1. The van der Waals surface area contributed by atoms with Crippen LogP contribution in [0.2, 0.25) is 5.02 Å². The molecule has 1 aliphatic heterocycles. The lowest BCUT2D eigenvalue weighted by atomic mass is 10.1. The molecule has 0 aliphatic carbocycles. The first kappa shape index (κ1) is 20.6. The number of aliphatic imine (C=N–C) groups is 1. The van der Waals surface area contributed by atoms with E-state index in [-0.39, 0.29) is 24.0 Å². The molecule has 0 fully saturated rings. The molecule has 4 rings (SSSR count). The van der Waals surface area contributed by atoms with Crippen LogP contribution in [0.4, 0.5) is 4.39 Å². The number of carbonyl (C=O) groups is 1. The van der Waals surface area contributed by atoms with Crippen molar-refractivity contribution in [3.8, 4) is 11.5 Å². The third-order valence-corrected chi connectivity index (χ3v) is 4.91. The zero-order valence-electron chi connectivity index (χ0n) is 16.5. The van der Waals surface area contributed by atoms with E-state index in [4.69, 9.17) is 25.8 Å². The molecule has 0 atom stereocenters. The van der Waals surface area contributed by atoms with Crippen LogP contribution >= 0.6 is 11.6 Å². The highest BCUT2D eigenvalue weighted by atomic mass is 35.5. The Hall–Kier alpha value is -3.64. The van der Waals surface area contributed by atoms with E-state index < -0.39 is 5.97 Å². The molecule has 156 valence electrons. The van der Waals surface area contributed by atoms with E-state index in [1.165, 1.54) is 31.4 Å². The Morgan fingerprint density at radius 2 is 1.84 bits per heavy atom. The van der Waals surface area contributed by atoms with Gasteiger partial charge in [0.05, 0.1) is 7.11 Å². The Balaban J connectivity index is 1.54. The molecule has 0 radical (unpaired) electrons. The summed E-state index contributed by atoms with van der Waals surface area (Å²) in [6.07, 6.45) is 1.58. The summed E-state index contributed by atoms with van der Waals surface area (Å²) in [5.74, 6) is 0.193. The molecule has 3 aromatic rings. The average Bonchev–Trinajstić information content (AvgIpc) is 3.14. The van der Waals surface area contributed by atoms with Gasteiger partial charge in [0.1, 0.15) is 12.4 Å². The summed E-state index contributed by atoms with van der Waals surface area (Å²) in [7, 11) is 1.53. The molecule has 0 spiro atoms. The molecule has 1 heterocycles. The van der Waals surface area contributed by atoms with Crippen LogP contribution in [-0.2, 0) is 16.1 Å². The minimum Gasteiger partial charge on any atom is -0.493 e. The molecule has 0 saturated heterocycles. The molecule has 5 nitrogen and oxygen atoms in total. The fraction of sp³-hybridized carbons (Fsp3) is 0.0833. The summed E-state index contributed by atoms with van der Waals surface area (Å²) in [5.41, 5.74) is 2.18. The van der Waals surface area contributed by atoms with Crippen LogP contribution in [0, 0.1) is 5.82 Å². The first-order valence-electron chi connectivity index (χ1n) is 9.36. The lowest BCUT2D eigenvalue weighted by Gasteiger charge is -2.12. The topological polar surface area (TPSA) is 57.1 Å². The number of carbonyl (C=O) groups excluding carboxylic acids is 1. The fourth-order valence-electron chi connectivity index (χ4n) is 2.95. The van der Waals surface area contributed by atoms with Crippen LogP contribution in [0.1, 0.15) is 16.7 Å². The number of hydrogen-bond acceptors (Lipinski definition) is 5. The zero-order valence-corrected chi connectivity index (χ0v) is 17.2. The van der Waals surface area contributed by atoms with Crippen molar-refractivity contribution >= 4 is 29.5 Å². The van der Waals surface area contributed by atoms with Crippen molar-refractivity contribution in [2.24, 2.45) is 4.99 Å². The lowest BCUT2D eigenvalue weighted by molar-refractivity contribution is -0.129. The van der Waals surface area contributed by atoms with Crippen molar-refractivity contribution in [3.05, 3.63) is 100.0 Å². The molecule has 31 heavy (non-hydrogen) atoms. The normalized spacial score (nSPS) is 14.4. The third-order valence-electron chi connectivity index (χ3n) is 4.54. The smallest absolute Gasteiger partial charge is 0.363 e. The Bertz CT molecular complexity index is 1190. The molecular weight excluding hydrogens is 421 g/mol. The molecule has 3 aromatic carbocycles. The number of halogens is 2. The number of cyclic esters (lactones) is 1. The monoisotopic (exact) mass is 437 g/mol. The van der Waals surface area contributed by atoms with Crippen LogP contribution in [0.5, 0.6) is 11.5 Å². The van der Waals surface area contributed by atoms with Crippen LogP contribution in [-0.4, -0.2) is 19.0 Å². The van der Waals surface area contributed by atoms with Crippen LogP contribution in [0.15, 0.2) is 77.4 Å². The molecular formula is C24H17ClFNO4. The molecule has 0 unspecified atom stereocenters. The highest BCUT2D eigenvalue weighted by Gasteiger charge is 2.24. The maximum Gasteiger partial charge on any atom is 0.363 e. The van der Waals surface area contributed by atoms with Gasteiger partial charge < -0.3 is 14.2 Å². The van der Waals surface area contributed by atoms with Crippen LogP contribution < -0.4 is 9.47 Å². The van der Waals surface area contributed by atoms with Gasteiger partial charge in [0.2, 0.25) is 5.90 Å². The third kappa shape index (κ3) is 4.75. The second-order valence-corrected chi connectivity index (χ2v) is 7.04. The fourth-order valence-corrected chi connectivity index (χ4v) is 3.14. The maximum atomic E-state index is 13.1. The largest absolute Gasteiger partial charge is 0.493 e. The van der Waals surface area contributed by atoms with Crippen molar-refractivity contribution in [2.75, 3.05) is 7.11 Å². The summed E-state index contributed by atoms with van der Waals surface area (Å²) in [5, 5.41) is 0.623. The second kappa shape index (κ2) is 9.02. The molecule has 0 N–H and O–H groups in total. The SMILES string of the molecule is COc1cc(/C=C2\N=C(c3ccc(F)cc3)OC2=O)ccc1OCc1ccccc1Cl. The number of nitrogens with zero attached hydrogens (tertiary/aromatic N) is 1. The van der Waals surface area contributed by atoms with Gasteiger partial charge in [-0.15, -0.1) is 0 Å². The zero-order chi connectivity index (χ0) is 21.8. The molecule has 0 saturated carbocycles. The van der Waals surface area contributed by atoms with Crippen molar-refractivity contribution in [3.63, 3.8) is 0 Å². The number of ether oxygens (including phenoxy) is 3. The quantitative estimate of drug-likeness (QED) is 0.382. The summed E-state index contributed by atoms with van der Waals surface area (Å²) in [6, 6.07) is 18.2. The summed E-state index contributed by atoms with van der Waals surface area (Å²) in [6.45, 7) is 0.286. The van der Waals surface area contributed by atoms with Crippen molar-refractivity contribution in [1.82, 2.24) is 0 Å². The molecule has 7 heteroatoms. The van der Waals surface area contributed by atoms with Crippen molar-refractivity contribution in [2.45, 2.75) is 6.61 Å². The Labute approximate surface area is 183 Å². The van der Waals surface area contributed by atoms with E-state index in [0.29, 0.717) is 27.6 Å². The minimum atomic E-state index is -0.586. The van der Waals surface area contributed by atoms with E-state index >= 15 is 0 Å². The first-order valence-corrected chi connectivity index (χ1v) is 9.74. The van der Waals surface area contributed by atoms with Crippen molar-refractivity contribution < 1.29 is 23.4 Å². The van der Waals surface area contributed by atoms with Crippen molar-refractivity contribution in [1.29, 1.82) is 0 Å². The van der Waals surface area contributed by atoms with Crippen LogP contribution in [0.25, 0.3) is 6.08 Å². The average molecular weight is 438 g/mol. The van der Waals surface area contributed by atoms with Gasteiger partial charge >= 0.3 is 5.97 Å². The number of benzene rings is 3. The Morgan fingerprint density at radius 3 is 2.58 bits per heavy atom. The maximum absolute atomic E-state index is 13.1. The van der Waals surface area contributed by atoms with E-state index in [1.54, 1.807) is 30.3 Å². The molecule has 0 aromatic heterocycles. The molecule has 1 aliphatic rings. The lowest BCUT2D eigenvalue weighted by Crippen LogP contribution is -2.05. The predicted octanol–water partition coefficient (Wildman–Crippen LogP) is 5.41. The number of hydrogen-bond donors (Lipinski definition) is 0. The molecule has 0 bridgehead atoms. The van der Waals surface area contributed by atoms with E-state index in [2.05, 4.69) is 4.99 Å². The number of esters is 1. The predicted molar refractivity (Wildman–Crippen MR) is 116 cm³/mol. The molecule has 0 amide bonds. The van der Waals surface area contributed by atoms with Gasteiger partial charge in [-0.2, -0.15) is 0 Å². The van der Waals surface area contributed by atoms with E-state index in [9.17, 15) is 9.18 Å². The highest BCUT2D eigenvalue weighted by molar-refractivity contribution is 6.31.